The third-order valence-corrected chi connectivity index (χ3v) is 6.05. The zero-order valence-corrected chi connectivity index (χ0v) is 16.4. The van der Waals surface area contributed by atoms with Crippen molar-refractivity contribution in [2.24, 2.45) is 5.92 Å². The molecule has 1 fully saturated rings. The highest BCUT2D eigenvalue weighted by atomic mass is 35.5. The molecule has 0 radical (unpaired) electrons. The minimum absolute atomic E-state index is 0.0980. The van der Waals surface area contributed by atoms with Crippen LogP contribution in [-0.4, -0.2) is 47.0 Å². The molecule has 1 saturated heterocycles. The summed E-state index contributed by atoms with van der Waals surface area (Å²) in [5.74, 6) is 0.270. The van der Waals surface area contributed by atoms with Crippen LogP contribution >= 0.6 is 11.6 Å². The summed E-state index contributed by atoms with van der Waals surface area (Å²) in [7, 11) is 0. The number of likely N-dealkylation sites (tertiary alicyclic amines) is 1. The minimum Gasteiger partial charge on any atom is -0.387 e. The van der Waals surface area contributed by atoms with E-state index in [2.05, 4.69) is 4.90 Å². The maximum atomic E-state index is 13.0. The van der Waals surface area contributed by atoms with E-state index >= 15 is 0 Å². The number of benzene rings is 2. The van der Waals surface area contributed by atoms with E-state index in [0.717, 1.165) is 49.2 Å². The molecule has 1 atom stereocenters. The second-order valence-electron chi connectivity index (χ2n) is 7.80. The van der Waals surface area contributed by atoms with Gasteiger partial charge in [0.25, 0.3) is 5.91 Å². The van der Waals surface area contributed by atoms with E-state index in [-0.39, 0.29) is 11.7 Å². The number of aliphatic hydroxyl groups excluding tert-OH is 1. The van der Waals surface area contributed by atoms with Gasteiger partial charge >= 0.3 is 0 Å². The summed E-state index contributed by atoms with van der Waals surface area (Å²) in [6.07, 6.45) is 1.38. The van der Waals surface area contributed by atoms with Gasteiger partial charge in [-0.3, -0.25) is 4.79 Å². The number of rotatable bonds is 5. The van der Waals surface area contributed by atoms with Crippen molar-refractivity contribution >= 4 is 17.5 Å². The van der Waals surface area contributed by atoms with E-state index < -0.39 is 6.10 Å². The molecule has 0 saturated carbocycles. The highest BCUT2D eigenvalue weighted by Crippen LogP contribution is 2.28. The maximum absolute atomic E-state index is 13.0. The number of hydrogen-bond acceptors (Lipinski definition) is 3. The normalized spacial score (nSPS) is 19.1. The Bertz CT molecular complexity index is 850. The lowest BCUT2D eigenvalue weighted by atomic mass is 9.95. The molecule has 1 amide bonds. The molecule has 0 aromatic heterocycles. The predicted octanol–water partition coefficient (Wildman–Crippen LogP) is 3.88. The van der Waals surface area contributed by atoms with Crippen molar-refractivity contribution in [2.75, 3.05) is 26.2 Å². The standard InChI is InChI=1S/C22H24ClFN2O2/c23-18-3-6-20-17(11-18)13-26(22(20)28)12-15-7-9-25(10-8-15)14-21(27)16-1-4-19(24)5-2-16/h1-6,11,15,21,27H,7-10,12-14H2/t21-/m0/s1. The van der Waals surface area contributed by atoms with E-state index in [4.69, 9.17) is 11.6 Å². The van der Waals surface area contributed by atoms with Crippen molar-refractivity contribution in [3.8, 4) is 0 Å². The molecule has 4 rings (SSSR count). The van der Waals surface area contributed by atoms with Crippen LogP contribution in [0.1, 0.15) is 40.4 Å². The monoisotopic (exact) mass is 402 g/mol. The van der Waals surface area contributed by atoms with Gasteiger partial charge in [0.1, 0.15) is 5.82 Å². The zero-order valence-electron chi connectivity index (χ0n) is 15.7. The van der Waals surface area contributed by atoms with Crippen LogP contribution in [0.25, 0.3) is 0 Å². The van der Waals surface area contributed by atoms with E-state index in [1.165, 1.54) is 12.1 Å². The third-order valence-electron chi connectivity index (χ3n) is 5.82. The Kier molecular flexibility index (Phi) is 5.67. The molecule has 2 aromatic rings. The van der Waals surface area contributed by atoms with Crippen molar-refractivity contribution in [3.63, 3.8) is 0 Å². The quantitative estimate of drug-likeness (QED) is 0.825. The molecule has 6 heteroatoms. The van der Waals surface area contributed by atoms with Crippen molar-refractivity contribution in [1.82, 2.24) is 9.80 Å². The highest BCUT2D eigenvalue weighted by Gasteiger charge is 2.30. The first-order chi connectivity index (χ1) is 13.5. The number of nitrogens with zero attached hydrogens (tertiary/aromatic N) is 2. The second kappa shape index (κ2) is 8.19. The van der Waals surface area contributed by atoms with Gasteiger partial charge in [-0.1, -0.05) is 23.7 Å². The molecule has 2 heterocycles. The first kappa shape index (κ1) is 19.4. The van der Waals surface area contributed by atoms with Crippen molar-refractivity contribution < 1.29 is 14.3 Å². The van der Waals surface area contributed by atoms with Crippen LogP contribution in [0.3, 0.4) is 0 Å². The van der Waals surface area contributed by atoms with E-state index in [9.17, 15) is 14.3 Å². The molecule has 0 spiro atoms. The van der Waals surface area contributed by atoms with Crippen LogP contribution in [0.2, 0.25) is 5.02 Å². The fraction of sp³-hybridized carbons (Fsp3) is 0.409. The lowest BCUT2D eigenvalue weighted by molar-refractivity contribution is 0.0654. The summed E-state index contributed by atoms with van der Waals surface area (Å²) >= 11 is 6.05. The summed E-state index contributed by atoms with van der Waals surface area (Å²) < 4.78 is 13.0. The SMILES string of the molecule is O=C1c2ccc(Cl)cc2CN1CC1CCN(C[C@H](O)c2ccc(F)cc2)CC1. The first-order valence-corrected chi connectivity index (χ1v) is 10.1. The molecular weight excluding hydrogens is 379 g/mol. The summed E-state index contributed by atoms with van der Waals surface area (Å²) in [5.41, 5.74) is 2.52. The van der Waals surface area contributed by atoms with Gasteiger partial charge in [0, 0.05) is 30.2 Å². The lowest BCUT2D eigenvalue weighted by Gasteiger charge is -2.34. The average Bonchev–Trinajstić information content (AvgIpc) is 2.98. The molecule has 2 aromatic carbocycles. The smallest absolute Gasteiger partial charge is 0.254 e. The Balaban J connectivity index is 1.27. The number of β-amino-alcohol motifs (C(OH)–C–C–N with tert-alkyl or cyclic N) is 1. The van der Waals surface area contributed by atoms with Crippen LogP contribution in [0, 0.1) is 11.7 Å². The van der Waals surface area contributed by atoms with Gasteiger partial charge in [0.2, 0.25) is 0 Å². The molecule has 0 unspecified atom stereocenters. The Hall–Kier alpha value is -1.95. The number of hydrogen-bond donors (Lipinski definition) is 1. The van der Waals surface area contributed by atoms with Gasteiger partial charge < -0.3 is 14.9 Å². The van der Waals surface area contributed by atoms with E-state index in [1.807, 2.05) is 17.0 Å². The van der Waals surface area contributed by atoms with Gasteiger partial charge in [-0.2, -0.15) is 0 Å². The molecule has 1 N–H and O–H groups in total. The summed E-state index contributed by atoms with van der Waals surface area (Å²) in [6, 6.07) is 11.5. The van der Waals surface area contributed by atoms with Crippen molar-refractivity contribution in [3.05, 3.63) is 70.0 Å². The summed E-state index contributed by atoms with van der Waals surface area (Å²) in [5, 5.41) is 11.1. The van der Waals surface area contributed by atoms with Gasteiger partial charge in [-0.25, -0.2) is 4.39 Å². The van der Waals surface area contributed by atoms with Crippen LogP contribution < -0.4 is 0 Å². The van der Waals surface area contributed by atoms with Gasteiger partial charge in [0.15, 0.2) is 0 Å². The first-order valence-electron chi connectivity index (χ1n) is 9.73. The molecule has 2 aliphatic heterocycles. The fourth-order valence-corrected chi connectivity index (χ4v) is 4.39. The van der Waals surface area contributed by atoms with Crippen LogP contribution in [0.15, 0.2) is 42.5 Å². The number of piperidine rings is 1. The van der Waals surface area contributed by atoms with Gasteiger partial charge in [-0.05, 0) is 73.3 Å². The lowest BCUT2D eigenvalue weighted by Crippen LogP contribution is -2.40. The Morgan fingerprint density at radius 3 is 2.57 bits per heavy atom. The van der Waals surface area contributed by atoms with Crippen LogP contribution in [0.4, 0.5) is 4.39 Å². The molecule has 28 heavy (non-hydrogen) atoms. The Labute approximate surface area is 169 Å². The van der Waals surface area contributed by atoms with Gasteiger partial charge in [0.05, 0.1) is 6.10 Å². The van der Waals surface area contributed by atoms with Crippen LogP contribution in [-0.2, 0) is 6.54 Å². The molecule has 148 valence electrons. The Morgan fingerprint density at radius 2 is 1.86 bits per heavy atom. The van der Waals surface area contributed by atoms with Crippen molar-refractivity contribution in [1.29, 1.82) is 0 Å². The molecular formula is C22H24ClFN2O2. The molecule has 0 aliphatic carbocycles. The fourth-order valence-electron chi connectivity index (χ4n) is 4.20. The topological polar surface area (TPSA) is 43.8 Å². The van der Waals surface area contributed by atoms with E-state index in [0.29, 0.717) is 24.0 Å². The van der Waals surface area contributed by atoms with Crippen molar-refractivity contribution in [2.45, 2.75) is 25.5 Å². The largest absolute Gasteiger partial charge is 0.387 e. The second-order valence-corrected chi connectivity index (χ2v) is 8.23. The third kappa shape index (κ3) is 4.22. The highest BCUT2D eigenvalue weighted by molar-refractivity contribution is 6.30. The number of carbonyl (C=O) groups is 1. The number of carbonyl (C=O) groups excluding carboxylic acids is 1. The van der Waals surface area contributed by atoms with Gasteiger partial charge in [-0.15, -0.1) is 0 Å². The molecule has 4 nitrogen and oxygen atoms in total. The zero-order chi connectivity index (χ0) is 19.7. The number of fused-ring (bicyclic) bond motifs is 1. The average molecular weight is 403 g/mol. The Morgan fingerprint density at radius 1 is 1.14 bits per heavy atom. The van der Waals surface area contributed by atoms with E-state index in [1.54, 1.807) is 18.2 Å². The number of aliphatic hydroxyl groups is 1. The maximum Gasteiger partial charge on any atom is 0.254 e. The number of amides is 1. The molecule has 2 aliphatic rings. The van der Waals surface area contributed by atoms with Crippen LogP contribution in [0.5, 0.6) is 0 Å². The summed E-state index contributed by atoms with van der Waals surface area (Å²) in [6.45, 7) is 3.73. The summed E-state index contributed by atoms with van der Waals surface area (Å²) in [4.78, 5) is 16.8. The minimum atomic E-state index is -0.614. The predicted molar refractivity (Wildman–Crippen MR) is 107 cm³/mol. The molecule has 0 bridgehead atoms. The number of halogens is 2.